The van der Waals surface area contributed by atoms with Gasteiger partial charge in [-0.2, -0.15) is 0 Å². The Balaban J connectivity index is 1.97. The van der Waals surface area contributed by atoms with Crippen LogP contribution < -0.4 is 10.4 Å². The van der Waals surface area contributed by atoms with Gasteiger partial charge in [0.15, 0.2) is 0 Å². The fraction of sp³-hybridized carbons (Fsp3) is 0.458. The number of carbonyl (C=O) groups excluding carboxylic acids is 3. The number of hydrogen-bond donors (Lipinski definition) is 1. The molecule has 1 aliphatic carbocycles. The normalized spacial score (nSPS) is 18.6. The molecule has 2 aromatic rings. The lowest BCUT2D eigenvalue weighted by atomic mass is 9.78. The number of rotatable bonds is 6. The number of nitrogens with one attached hydrogen (secondary N) is 1. The van der Waals surface area contributed by atoms with E-state index in [1.807, 2.05) is 31.2 Å². The maximum absolute atomic E-state index is 13.0. The summed E-state index contributed by atoms with van der Waals surface area (Å²) in [5.41, 5.74) is 3.08. The largest absolute Gasteiger partial charge is 0.550 e. The Kier molecular flexibility index (Phi) is 7.15. The van der Waals surface area contributed by atoms with Gasteiger partial charge in [0.05, 0.1) is 7.11 Å². The van der Waals surface area contributed by atoms with Gasteiger partial charge in [-0.3, -0.25) is 4.79 Å². The van der Waals surface area contributed by atoms with Crippen LogP contribution in [0.3, 0.4) is 0 Å². The first kappa shape index (κ1) is 23.0. The average molecular weight is 443 g/mol. The lowest BCUT2D eigenvalue weighted by molar-refractivity contribution is -0.313. The fourth-order valence-electron chi connectivity index (χ4n) is 4.24. The highest BCUT2D eigenvalue weighted by molar-refractivity contribution is 7.17. The lowest BCUT2D eigenvalue weighted by Gasteiger charge is -2.31. The fourth-order valence-corrected chi connectivity index (χ4v) is 5.31. The average Bonchev–Trinajstić information content (AvgIpc) is 3.08. The number of anilines is 1. The molecule has 0 unspecified atom stereocenters. The Morgan fingerprint density at radius 2 is 1.71 bits per heavy atom. The van der Waals surface area contributed by atoms with E-state index in [9.17, 15) is 19.5 Å². The van der Waals surface area contributed by atoms with Crippen molar-refractivity contribution < 1.29 is 24.2 Å². The van der Waals surface area contributed by atoms with Crippen molar-refractivity contribution >= 4 is 34.2 Å². The summed E-state index contributed by atoms with van der Waals surface area (Å²) >= 11 is 1.30. The zero-order chi connectivity index (χ0) is 22.7. The summed E-state index contributed by atoms with van der Waals surface area (Å²) in [5, 5.41) is 14.7. The number of amides is 1. The van der Waals surface area contributed by atoms with Gasteiger partial charge in [-0.15, -0.1) is 11.3 Å². The first-order valence-electron chi connectivity index (χ1n) is 10.6. The molecule has 1 heterocycles. The molecule has 6 nitrogen and oxygen atoms in total. The van der Waals surface area contributed by atoms with Gasteiger partial charge in [0.25, 0.3) is 0 Å². The lowest BCUT2D eigenvalue weighted by Crippen LogP contribution is -2.42. The summed E-state index contributed by atoms with van der Waals surface area (Å²) in [7, 11) is 1.31. The van der Waals surface area contributed by atoms with Crippen LogP contribution in [0.1, 0.15) is 66.2 Å². The molecule has 7 heteroatoms. The highest BCUT2D eigenvalue weighted by Gasteiger charge is 2.33. The van der Waals surface area contributed by atoms with E-state index in [4.69, 9.17) is 4.74 Å². The van der Waals surface area contributed by atoms with Crippen LogP contribution in [0.5, 0.6) is 0 Å². The molecule has 0 bridgehead atoms. The second-order valence-corrected chi connectivity index (χ2v) is 9.54. The smallest absolute Gasteiger partial charge is 0.341 e. The standard InChI is InChI=1S/C24H29NO5S/c1-13(2)15-9-11-16(12-10-15)19-14(3)31-22(20(19)24(29)30-4)25-21(26)17-7-5-6-8-18(17)23(27)28/h9-13,17-18H,5-8H2,1-4H3,(H,25,26)(H,27,28)/p-1/t17-,18+/m0/s1. The quantitative estimate of drug-likeness (QED) is 0.679. The molecule has 2 atom stereocenters. The van der Waals surface area contributed by atoms with Gasteiger partial charge in [-0.1, -0.05) is 51.0 Å². The van der Waals surface area contributed by atoms with E-state index in [2.05, 4.69) is 19.2 Å². The molecular formula is C24H28NO5S-. The molecule has 0 saturated heterocycles. The summed E-state index contributed by atoms with van der Waals surface area (Å²) in [6, 6.07) is 8.00. The number of methoxy groups -OCH3 is 1. The first-order valence-corrected chi connectivity index (χ1v) is 11.4. The van der Waals surface area contributed by atoms with E-state index in [0.717, 1.165) is 28.8 Å². The number of aryl methyl sites for hydroxylation is 1. The van der Waals surface area contributed by atoms with Crippen molar-refractivity contribution in [2.24, 2.45) is 11.8 Å². The van der Waals surface area contributed by atoms with E-state index >= 15 is 0 Å². The predicted octanol–water partition coefficient (Wildman–Crippen LogP) is 4.13. The number of carboxylic acid groups (broad SMARTS) is 1. The molecule has 166 valence electrons. The Morgan fingerprint density at radius 1 is 1.10 bits per heavy atom. The molecule has 0 aliphatic heterocycles. The summed E-state index contributed by atoms with van der Waals surface area (Å²) in [6.45, 7) is 6.12. The molecule has 3 rings (SSSR count). The minimum Gasteiger partial charge on any atom is -0.550 e. The molecular weight excluding hydrogens is 414 g/mol. The monoisotopic (exact) mass is 442 g/mol. The SMILES string of the molecule is COC(=O)c1c(NC(=O)[C@H]2CCCC[C@H]2C(=O)[O-])sc(C)c1-c1ccc(C(C)C)cc1. The molecule has 31 heavy (non-hydrogen) atoms. The van der Waals surface area contributed by atoms with Crippen molar-refractivity contribution in [1.29, 1.82) is 0 Å². The second kappa shape index (κ2) is 9.64. The molecule has 1 saturated carbocycles. The van der Waals surface area contributed by atoms with Crippen LogP contribution in [-0.4, -0.2) is 25.0 Å². The molecule has 1 aromatic heterocycles. The third kappa shape index (κ3) is 4.82. The number of ether oxygens (including phenoxy) is 1. The van der Waals surface area contributed by atoms with Crippen LogP contribution in [-0.2, 0) is 14.3 Å². The number of aliphatic carboxylic acids is 1. The van der Waals surface area contributed by atoms with Gasteiger partial charge >= 0.3 is 5.97 Å². The highest BCUT2D eigenvalue weighted by atomic mass is 32.1. The first-order chi connectivity index (χ1) is 14.7. The van der Waals surface area contributed by atoms with Gasteiger partial charge < -0.3 is 20.0 Å². The second-order valence-electron chi connectivity index (χ2n) is 8.31. The van der Waals surface area contributed by atoms with Crippen molar-refractivity contribution in [3.63, 3.8) is 0 Å². The summed E-state index contributed by atoms with van der Waals surface area (Å²) in [4.78, 5) is 38.0. The topological polar surface area (TPSA) is 95.5 Å². The minimum atomic E-state index is -1.19. The summed E-state index contributed by atoms with van der Waals surface area (Å²) in [5.74, 6) is -3.20. The van der Waals surface area contributed by atoms with Crippen molar-refractivity contribution in [2.75, 3.05) is 12.4 Å². The molecule has 1 fully saturated rings. The van der Waals surface area contributed by atoms with Gasteiger partial charge in [0.1, 0.15) is 10.6 Å². The number of benzene rings is 1. The van der Waals surface area contributed by atoms with Crippen molar-refractivity contribution in [3.05, 3.63) is 40.3 Å². The Bertz CT molecular complexity index is 977. The number of carbonyl (C=O) groups is 3. The van der Waals surface area contributed by atoms with Gasteiger partial charge in [-0.05, 0) is 36.8 Å². The van der Waals surface area contributed by atoms with E-state index < -0.39 is 23.8 Å². The Morgan fingerprint density at radius 3 is 2.26 bits per heavy atom. The molecule has 1 aromatic carbocycles. The van der Waals surface area contributed by atoms with Crippen LogP contribution in [0.4, 0.5) is 5.00 Å². The molecule has 1 aliphatic rings. The number of thiophene rings is 1. The van der Waals surface area contributed by atoms with Crippen molar-refractivity contribution in [3.8, 4) is 11.1 Å². The van der Waals surface area contributed by atoms with Crippen LogP contribution in [0, 0.1) is 18.8 Å². The zero-order valence-electron chi connectivity index (χ0n) is 18.3. The predicted molar refractivity (Wildman–Crippen MR) is 119 cm³/mol. The van der Waals surface area contributed by atoms with E-state index in [1.54, 1.807) is 0 Å². The summed E-state index contributed by atoms with van der Waals surface area (Å²) in [6.07, 6.45) is 2.49. The maximum atomic E-state index is 13.0. The number of hydrogen-bond acceptors (Lipinski definition) is 6. The number of carboxylic acids is 1. The van der Waals surface area contributed by atoms with Crippen molar-refractivity contribution in [1.82, 2.24) is 0 Å². The van der Waals surface area contributed by atoms with Crippen LogP contribution in [0.25, 0.3) is 11.1 Å². The third-order valence-electron chi connectivity index (χ3n) is 5.98. The van der Waals surface area contributed by atoms with E-state index in [1.165, 1.54) is 24.0 Å². The van der Waals surface area contributed by atoms with E-state index in [0.29, 0.717) is 29.3 Å². The van der Waals surface area contributed by atoms with Crippen LogP contribution in [0.15, 0.2) is 24.3 Å². The molecule has 0 radical (unpaired) electrons. The molecule has 1 N–H and O–H groups in total. The third-order valence-corrected chi connectivity index (χ3v) is 7.00. The van der Waals surface area contributed by atoms with Gasteiger partial charge in [0, 0.05) is 28.2 Å². The Labute approximate surface area is 186 Å². The molecule has 1 amide bonds. The molecule has 0 spiro atoms. The Hall–Kier alpha value is -2.67. The van der Waals surface area contributed by atoms with Gasteiger partial charge in [-0.25, -0.2) is 4.79 Å². The highest BCUT2D eigenvalue weighted by Crippen LogP contribution is 2.41. The maximum Gasteiger partial charge on any atom is 0.341 e. The van der Waals surface area contributed by atoms with E-state index in [-0.39, 0.29) is 5.91 Å². The van der Waals surface area contributed by atoms with Crippen molar-refractivity contribution in [2.45, 2.75) is 52.4 Å². The van der Waals surface area contributed by atoms with Crippen LogP contribution in [0.2, 0.25) is 0 Å². The van der Waals surface area contributed by atoms with Crippen LogP contribution >= 0.6 is 11.3 Å². The van der Waals surface area contributed by atoms with Gasteiger partial charge in [0.2, 0.25) is 5.91 Å². The minimum absolute atomic E-state index is 0.302. The zero-order valence-corrected chi connectivity index (χ0v) is 19.1. The summed E-state index contributed by atoms with van der Waals surface area (Å²) < 4.78 is 5.01. The number of esters is 1.